The molecule has 0 fully saturated rings. The molecule has 0 saturated carbocycles. The number of ketones is 1. The van der Waals surface area contributed by atoms with E-state index in [0.29, 0.717) is 32.1 Å². The number of pyridine rings is 1. The lowest BCUT2D eigenvalue weighted by atomic mass is 9.94. The largest absolute Gasteiger partial charge is 0.321 e. The Morgan fingerprint density at radius 2 is 1.62 bits per heavy atom. The molecule has 1 aromatic heterocycles. The van der Waals surface area contributed by atoms with Gasteiger partial charge in [0.15, 0.2) is 5.78 Å². The smallest absolute Gasteiger partial charge is 0.260 e. The Labute approximate surface area is 177 Å². The van der Waals surface area contributed by atoms with Gasteiger partial charge in [0, 0.05) is 26.5 Å². The predicted octanol–water partition coefficient (Wildman–Crippen LogP) is 6.40. The van der Waals surface area contributed by atoms with Crippen molar-refractivity contribution in [1.82, 2.24) is 4.98 Å². The molecule has 4 rings (SSSR count). The minimum absolute atomic E-state index is 0.0641. The number of fused-ring (bicyclic) bond motifs is 1. The summed E-state index contributed by atoms with van der Waals surface area (Å²) in [5.74, 6) is -0.410. The molecule has 4 aromatic rings. The molecule has 142 valence electrons. The maximum atomic E-state index is 13.1. The van der Waals surface area contributed by atoms with Gasteiger partial charge in [-0.25, -0.2) is 0 Å². The third-order valence-corrected chi connectivity index (χ3v) is 5.18. The number of nitrogens with one attached hydrogen (secondary N) is 1. The fraction of sp³-hybridized carbons (Fsp3) is 0. The number of halogens is 2. The average Bonchev–Trinajstić information content (AvgIpc) is 2.73. The van der Waals surface area contributed by atoms with E-state index >= 15 is 0 Å². The highest BCUT2D eigenvalue weighted by Gasteiger charge is 2.19. The molecule has 0 spiro atoms. The fourth-order valence-electron chi connectivity index (χ4n) is 3.26. The van der Waals surface area contributed by atoms with Gasteiger partial charge in [-0.3, -0.25) is 9.59 Å². The molecule has 3 aromatic carbocycles. The van der Waals surface area contributed by atoms with Crippen molar-refractivity contribution in [3.8, 4) is 11.1 Å². The molecule has 0 bridgehead atoms. The molecule has 0 unspecified atom stereocenters. The van der Waals surface area contributed by atoms with Crippen molar-refractivity contribution in [1.29, 1.82) is 0 Å². The van der Waals surface area contributed by atoms with Gasteiger partial charge < -0.3 is 4.98 Å². The summed E-state index contributed by atoms with van der Waals surface area (Å²) in [7, 11) is 0. The predicted molar refractivity (Wildman–Crippen MR) is 120 cm³/mol. The van der Waals surface area contributed by atoms with Gasteiger partial charge >= 0.3 is 0 Å². The van der Waals surface area contributed by atoms with Crippen LogP contribution < -0.4 is 5.56 Å². The fourth-order valence-corrected chi connectivity index (χ4v) is 3.63. The maximum Gasteiger partial charge on any atom is 0.260 e. The van der Waals surface area contributed by atoms with E-state index in [2.05, 4.69) is 4.98 Å². The van der Waals surface area contributed by atoms with Gasteiger partial charge in [0.1, 0.15) is 0 Å². The molecule has 0 aliphatic rings. The highest BCUT2D eigenvalue weighted by molar-refractivity contribution is 6.32. The first kappa shape index (κ1) is 19.2. The lowest BCUT2D eigenvalue weighted by Gasteiger charge is -2.11. The first-order chi connectivity index (χ1) is 14.0. The second-order valence-electron chi connectivity index (χ2n) is 6.48. The summed E-state index contributed by atoms with van der Waals surface area (Å²) < 4.78 is 0. The number of allylic oxidation sites excluding steroid dienone is 1. The number of hydrogen-bond donors (Lipinski definition) is 1. The van der Waals surface area contributed by atoms with Crippen molar-refractivity contribution in [3.05, 3.63) is 110 Å². The molecule has 0 radical (unpaired) electrons. The number of H-pyrrole nitrogens is 1. The summed E-state index contributed by atoms with van der Waals surface area (Å²) in [6, 6.07) is 21.7. The van der Waals surface area contributed by atoms with Crippen molar-refractivity contribution >= 4 is 46.0 Å². The third kappa shape index (κ3) is 3.88. The molecular weight excluding hydrogens is 405 g/mol. The third-order valence-electron chi connectivity index (χ3n) is 4.60. The lowest BCUT2D eigenvalue weighted by molar-refractivity contribution is 0.104. The van der Waals surface area contributed by atoms with Gasteiger partial charge in [0.25, 0.3) is 5.56 Å². The molecule has 0 aliphatic carbocycles. The molecule has 5 heteroatoms. The van der Waals surface area contributed by atoms with Crippen LogP contribution in [-0.2, 0) is 0 Å². The molecule has 29 heavy (non-hydrogen) atoms. The van der Waals surface area contributed by atoms with Crippen LogP contribution in [0.5, 0.6) is 0 Å². The van der Waals surface area contributed by atoms with Crippen LogP contribution in [0.15, 0.2) is 83.7 Å². The molecule has 0 amide bonds. The number of aromatic nitrogens is 1. The average molecular weight is 420 g/mol. The van der Waals surface area contributed by atoms with E-state index in [9.17, 15) is 9.59 Å². The van der Waals surface area contributed by atoms with Gasteiger partial charge in [-0.1, -0.05) is 71.7 Å². The Balaban J connectivity index is 1.94. The number of rotatable bonds is 4. The van der Waals surface area contributed by atoms with E-state index in [1.807, 2.05) is 42.5 Å². The molecule has 3 nitrogen and oxygen atoms in total. The van der Waals surface area contributed by atoms with E-state index in [4.69, 9.17) is 23.2 Å². The normalized spacial score (nSPS) is 11.2. The van der Waals surface area contributed by atoms with Crippen molar-refractivity contribution in [2.75, 3.05) is 0 Å². The van der Waals surface area contributed by atoms with Gasteiger partial charge in [-0.05, 0) is 47.5 Å². The van der Waals surface area contributed by atoms with Crippen LogP contribution in [0.3, 0.4) is 0 Å². The van der Waals surface area contributed by atoms with Crippen LogP contribution >= 0.6 is 23.2 Å². The van der Waals surface area contributed by atoms with Crippen LogP contribution in [0.4, 0.5) is 0 Å². The Bertz CT molecular complexity index is 1310. The van der Waals surface area contributed by atoms with Crippen molar-refractivity contribution in [2.24, 2.45) is 0 Å². The second-order valence-corrected chi connectivity index (χ2v) is 7.32. The SMILES string of the molecule is O=C(/C=C/c1ccccc1Cl)c1c(-c2ccccc2)c2cc(Cl)ccc2[nH]c1=O. The van der Waals surface area contributed by atoms with Crippen LogP contribution in [0.25, 0.3) is 28.1 Å². The molecule has 1 heterocycles. The lowest BCUT2D eigenvalue weighted by Crippen LogP contribution is -2.18. The standard InChI is InChI=1S/C24H15Cl2NO2/c25-17-11-12-20-18(14-17)22(16-7-2-1-3-8-16)23(24(29)27-20)21(28)13-10-15-6-4-5-9-19(15)26/h1-14H,(H,27,29)/b13-10+. The molecular formula is C24H15Cl2NO2. The number of aromatic amines is 1. The van der Waals surface area contributed by atoms with E-state index in [-0.39, 0.29) is 5.56 Å². The van der Waals surface area contributed by atoms with E-state index in [1.165, 1.54) is 6.08 Å². The molecule has 0 atom stereocenters. The van der Waals surface area contributed by atoms with Crippen molar-refractivity contribution in [2.45, 2.75) is 0 Å². The van der Waals surface area contributed by atoms with Crippen LogP contribution in [0.2, 0.25) is 10.0 Å². The number of hydrogen-bond acceptors (Lipinski definition) is 2. The van der Waals surface area contributed by atoms with Crippen molar-refractivity contribution in [3.63, 3.8) is 0 Å². The summed E-state index contributed by atoms with van der Waals surface area (Å²) in [6.07, 6.45) is 2.98. The summed E-state index contributed by atoms with van der Waals surface area (Å²) in [6.45, 7) is 0. The first-order valence-electron chi connectivity index (χ1n) is 8.92. The Morgan fingerprint density at radius 1 is 0.897 bits per heavy atom. The Hall–Kier alpha value is -3.14. The summed E-state index contributed by atoms with van der Waals surface area (Å²) in [5, 5.41) is 1.75. The quantitative estimate of drug-likeness (QED) is 0.307. The Morgan fingerprint density at radius 3 is 2.38 bits per heavy atom. The van der Waals surface area contributed by atoms with Gasteiger partial charge in [0.2, 0.25) is 0 Å². The van der Waals surface area contributed by atoms with Gasteiger partial charge in [-0.15, -0.1) is 0 Å². The highest BCUT2D eigenvalue weighted by Crippen LogP contribution is 2.31. The summed E-state index contributed by atoms with van der Waals surface area (Å²) >= 11 is 12.4. The van der Waals surface area contributed by atoms with E-state index in [1.54, 1.807) is 36.4 Å². The highest BCUT2D eigenvalue weighted by atomic mass is 35.5. The van der Waals surface area contributed by atoms with Crippen LogP contribution in [0.1, 0.15) is 15.9 Å². The van der Waals surface area contributed by atoms with Gasteiger partial charge in [0.05, 0.1) is 5.56 Å². The molecule has 1 N–H and O–H groups in total. The van der Waals surface area contributed by atoms with E-state index in [0.717, 1.165) is 5.56 Å². The second kappa shape index (κ2) is 8.08. The minimum atomic E-state index is -0.451. The maximum absolute atomic E-state index is 13.1. The zero-order valence-corrected chi connectivity index (χ0v) is 16.7. The zero-order chi connectivity index (χ0) is 20.4. The number of carbonyl (C=O) groups excluding carboxylic acids is 1. The minimum Gasteiger partial charge on any atom is -0.321 e. The number of benzene rings is 3. The number of carbonyl (C=O) groups is 1. The molecule has 0 saturated heterocycles. The summed E-state index contributed by atoms with van der Waals surface area (Å²) in [4.78, 5) is 28.7. The topological polar surface area (TPSA) is 49.9 Å². The summed E-state index contributed by atoms with van der Waals surface area (Å²) in [5.41, 5.74) is 2.25. The van der Waals surface area contributed by atoms with Crippen LogP contribution in [0, 0.1) is 0 Å². The zero-order valence-electron chi connectivity index (χ0n) is 15.2. The first-order valence-corrected chi connectivity index (χ1v) is 9.68. The monoisotopic (exact) mass is 419 g/mol. The Kier molecular flexibility index (Phi) is 5.34. The van der Waals surface area contributed by atoms with Gasteiger partial charge in [-0.2, -0.15) is 0 Å². The van der Waals surface area contributed by atoms with Crippen LogP contribution in [-0.4, -0.2) is 10.8 Å². The van der Waals surface area contributed by atoms with E-state index < -0.39 is 11.3 Å². The molecule has 0 aliphatic heterocycles. The van der Waals surface area contributed by atoms with Crippen molar-refractivity contribution < 1.29 is 4.79 Å².